The first-order chi connectivity index (χ1) is 9.79. The third kappa shape index (κ3) is 2.13. The molecular weight excluding hydrogens is 252 g/mol. The number of amides is 1. The van der Waals surface area contributed by atoms with Crippen LogP contribution in [0.4, 0.5) is 0 Å². The fraction of sp³-hybridized carbons (Fsp3) is 0.562. The first-order valence-electron chi connectivity index (χ1n) is 7.48. The van der Waals surface area contributed by atoms with Crippen molar-refractivity contribution in [3.8, 4) is 0 Å². The van der Waals surface area contributed by atoms with E-state index in [-0.39, 0.29) is 17.9 Å². The summed E-state index contributed by atoms with van der Waals surface area (Å²) in [6.45, 7) is 2.97. The van der Waals surface area contributed by atoms with Gasteiger partial charge >= 0.3 is 0 Å². The Morgan fingerprint density at radius 3 is 2.60 bits per heavy atom. The lowest BCUT2D eigenvalue weighted by molar-refractivity contribution is -0.125. The fourth-order valence-electron chi connectivity index (χ4n) is 3.76. The summed E-state index contributed by atoms with van der Waals surface area (Å²) in [5, 5.41) is 3.11. The van der Waals surface area contributed by atoms with Gasteiger partial charge in [0.25, 0.3) is 0 Å². The first-order valence-corrected chi connectivity index (χ1v) is 7.48. The Hall–Kier alpha value is -1.39. The normalized spacial score (nSPS) is 30.7. The number of carbonyl (C=O) groups is 1. The number of nitrogens with one attached hydrogen (secondary N) is 1. The van der Waals surface area contributed by atoms with Crippen LogP contribution in [-0.4, -0.2) is 49.2 Å². The Morgan fingerprint density at radius 2 is 1.85 bits per heavy atom. The summed E-state index contributed by atoms with van der Waals surface area (Å²) < 4.78 is 5.59. The van der Waals surface area contributed by atoms with Gasteiger partial charge in [0, 0.05) is 19.1 Å². The summed E-state index contributed by atoms with van der Waals surface area (Å²) >= 11 is 0. The monoisotopic (exact) mass is 272 g/mol. The lowest BCUT2D eigenvalue weighted by Gasteiger charge is -2.32. The summed E-state index contributed by atoms with van der Waals surface area (Å²) in [6, 6.07) is 9.41. The number of ether oxygens (including phenoxy) is 1. The van der Waals surface area contributed by atoms with Gasteiger partial charge in [-0.2, -0.15) is 0 Å². The van der Waals surface area contributed by atoms with Gasteiger partial charge in [-0.1, -0.05) is 24.3 Å². The third-order valence-corrected chi connectivity index (χ3v) is 4.81. The van der Waals surface area contributed by atoms with E-state index in [4.69, 9.17) is 4.74 Å². The van der Waals surface area contributed by atoms with E-state index < -0.39 is 0 Å². The number of carbonyl (C=O) groups excluding carboxylic acids is 1. The highest BCUT2D eigenvalue weighted by atomic mass is 16.5. The molecule has 1 amide bonds. The molecule has 2 atom stereocenters. The Bertz CT molecular complexity index is 506. The molecule has 2 aliphatic heterocycles. The van der Waals surface area contributed by atoms with Gasteiger partial charge < -0.3 is 10.1 Å². The summed E-state index contributed by atoms with van der Waals surface area (Å²) in [4.78, 5) is 14.6. The van der Waals surface area contributed by atoms with E-state index in [0.717, 1.165) is 25.9 Å². The Morgan fingerprint density at radius 1 is 1.10 bits per heavy atom. The van der Waals surface area contributed by atoms with Crippen LogP contribution in [0.5, 0.6) is 0 Å². The molecule has 20 heavy (non-hydrogen) atoms. The molecule has 1 N–H and O–H groups in total. The minimum Gasteiger partial charge on any atom is -0.378 e. The summed E-state index contributed by atoms with van der Waals surface area (Å²) in [5.41, 5.74) is 2.95. The standard InChI is InChI=1S/C16H20N2O2/c19-16-13-7-18(8-14(17-16)10-20-9-13)15-5-11-3-1-2-4-12(11)6-15/h1-4,13-15H,5-10H2,(H,17,19)/t13-,14+/m1/s1. The van der Waals surface area contributed by atoms with Gasteiger partial charge in [-0.05, 0) is 24.0 Å². The van der Waals surface area contributed by atoms with Crippen LogP contribution < -0.4 is 5.32 Å². The molecule has 2 heterocycles. The zero-order chi connectivity index (χ0) is 13.5. The third-order valence-electron chi connectivity index (χ3n) is 4.81. The van der Waals surface area contributed by atoms with Gasteiger partial charge in [-0.15, -0.1) is 0 Å². The second kappa shape index (κ2) is 4.86. The zero-order valence-electron chi connectivity index (χ0n) is 11.5. The maximum absolute atomic E-state index is 12.1. The smallest absolute Gasteiger partial charge is 0.227 e. The van der Waals surface area contributed by atoms with E-state index in [2.05, 4.69) is 34.5 Å². The van der Waals surface area contributed by atoms with E-state index in [0.29, 0.717) is 19.3 Å². The van der Waals surface area contributed by atoms with Crippen LogP contribution in [0.15, 0.2) is 24.3 Å². The molecule has 1 aliphatic carbocycles. The Labute approximate surface area is 119 Å². The number of nitrogens with zero attached hydrogens (tertiary/aromatic N) is 1. The highest BCUT2D eigenvalue weighted by Crippen LogP contribution is 2.27. The van der Waals surface area contributed by atoms with Crippen molar-refractivity contribution in [2.24, 2.45) is 5.92 Å². The quantitative estimate of drug-likeness (QED) is 0.814. The molecule has 1 aromatic rings. The van der Waals surface area contributed by atoms with E-state index in [1.54, 1.807) is 0 Å². The molecule has 4 nitrogen and oxygen atoms in total. The molecule has 3 aliphatic rings. The highest BCUT2D eigenvalue weighted by Gasteiger charge is 2.37. The van der Waals surface area contributed by atoms with Gasteiger partial charge in [0.1, 0.15) is 0 Å². The van der Waals surface area contributed by atoms with Crippen molar-refractivity contribution in [2.45, 2.75) is 24.9 Å². The number of hydrogen-bond acceptors (Lipinski definition) is 3. The van der Waals surface area contributed by atoms with Crippen molar-refractivity contribution in [3.63, 3.8) is 0 Å². The lowest BCUT2D eigenvalue weighted by Crippen LogP contribution is -2.46. The number of fused-ring (bicyclic) bond motifs is 4. The van der Waals surface area contributed by atoms with Crippen LogP contribution in [0.1, 0.15) is 11.1 Å². The van der Waals surface area contributed by atoms with Crippen LogP contribution in [-0.2, 0) is 22.4 Å². The van der Waals surface area contributed by atoms with Crippen LogP contribution >= 0.6 is 0 Å². The highest BCUT2D eigenvalue weighted by molar-refractivity contribution is 5.80. The Kier molecular flexibility index (Phi) is 3.00. The molecular formula is C16H20N2O2. The molecule has 4 rings (SSSR count). The predicted molar refractivity (Wildman–Crippen MR) is 75.5 cm³/mol. The molecule has 0 radical (unpaired) electrons. The number of hydrogen-bond donors (Lipinski definition) is 1. The average Bonchev–Trinajstić information content (AvgIpc) is 2.69. The minimum atomic E-state index is -0.00814. The van der Waals surface area contributed by atoms with Crippen LogP contribution in [0.25, 0.3) is 0 Å². The SMILES string of the molecule is O=C1N[C@@H]2COC[C@H]1CN(C1Cc3ccccc3C1)C2. The Balaban J connectivity index is 1.54. The molecule has 0 aromatic heterocycles. The number of rotatable bonds is 1. The molecule has 0 saturated carbocycles. The van der Waals surface area contributed by atoms with Gasteiger partial charge in [-0.25, -0.2) is 0 Å². The van der Waals surface area contributed by atoms with Crippen molar-refractivity contribution in [1.82, 2.24) is 10.2 Å². The van der Waals surface area contributed by atoms with Crippen molar-refractivity contribution in [3.05, 3.63) is 35.4 Å². The summed E-state index contributed by atoms with van der Waals surface area (Å²) in [5.74, 6) is 0.164. The maximum Gasteiger partial charge on any atom is 0.227 e. The van der Waals surface area contributed by atoms with Gasteiger partial charge in [-0.3, -0.25) is 9.69 Å². The fourth-order valence-corrected chi connectivity index (χ4v) is 3.76. The average molecular weight is 272 g/mol. The molecule has 1 aromatic carbocycles. The van der Waals surface area contributed by atoms with Gasteiger partial charge in [0.15, 0.2) is 0 Å². The maximum atomic E-state index is 12.1. The molecule has 4 heteroatoms. The summed E-state index contributed by atoms with van der Waals surface area (Å²) in [6.07, 6.45) is 2.23. The lowest BCUT2D eigenvalue weighted by atomic mass is 10.1. The van der Waals surface area contributed by atoms with Crippen molar-refractivity contribution in [2.75, 3.05) is 26.3 Å². The van der Waals surface area contributed by atoms with E-state index in [9.17, 15) is 4.79 Å². The minimum absolute atomic E-state index is 0.00814. The van der Waals surface area contributed by atoms with Crippen LogP contribution in [0.2, 0.25) is 0 Å². The molecule has 106 valence electrons. The molecule has 0 spiro atoms. The number of benzene rings is 1. The van der Waals surface area contributed by atoms with E-state index in [1.807, 2.05) is 0 Å². The van der Waals surface area contributed by atoms with Crippen molar-refractivity contribution >= 4 is 5.91 Å². The largest absolute Gasteiger partial charge is 0.378 e. The molecule has 2 fully saturated rings. The molecule has 2 bridgehead atoms. The van der Waals surface area contributed by atoms with Gasteiger partial charge in [0.05, 0.1) is 25.2 Å². The van der Waals surface area contributed by atoms with E-state index in [1.165, 1.54) is 11.1 Å². The predicted octanol–water partition coefficient (Wildman–Crippen LogP) is 0.601. The summed E-state index contributed by atoms with van der Waals surface area (Å²) in [7, 11) is 0. The first kappa shape index (κ1) is 12.4. The molecule has 2 saturated heterocycles. The second-order valence-corrected chi connectivity index (χ2v) is 6.22. The van der Waals surface area contributed by atoms with Crippen molar-refractivity contribution < 1.29 is 9.53 Å². The van der Waals surface area contributed by atoms with Crippen LogP contribution in [0, 0.1) is 5.92 Å². The van der Waals surface area contributed by atoms with Crippen LogP contribution in [0.3, 0.4) is 0 Å². The zero-order valence-corrected chi connectivity index (χ0v) is 11.5. The van der Waals surface area contributed by atoms with E-state index >= 15 is 0 Å². The van der Waals surface area contributed by atoms with Crippen molar-refractivity contribution in [1.29, 1.82) is 0 Å². The second-order valence-electron chi connectivity index (χ2n) is 6.22. The topological polar surface area (TPSA) is 41.6 Å². The van der Waals surface area contributed by atoms with Gasteiger partial charge in [0.2, 0.25) is 5.91 Å². The molecule has 0 unspecified atom stereocenters.